The standard InChI is InChI=1S/C30H40N2O8/c1-16(2)14-17(3)27(35)31-12-9-23(34)38-18(4)28(36)39-21-8-10-30(37)22-15-19-6-7-20(33)25-24(19)29(30,26(21)40-25)11-13-32(22)5/h6-8,16-18,22,26,33,37H,9-15H2,1-5H3,(H,31,35)/t17-,18-,22+,26-,29-,30+/m0/s1. The molecule has 1 aromatic carbocycles. The molecule has 0 unspecified atom stereocenters. The Morgan fingerprint density at radius 1 is 1.23 bits per heavy atom. The van der Waals surface area contributed by atoms with Crippen molar-refractivity contribution in [1.82, 2.24) is 10.2 Å². The van der Waals surface area contributed by atoms with E-state index in [-0.39, 0.29) is 48.8 Å². The number of piperidine rings is 1. The van der Waals surface area contributed by atoms with Gasteiger partial charge in [-0.25, -0.2) is 4.79 Å². The summed E-state index contributed by atoms with van der Waals surface area (Å²) in [6.07, 6.45) is 1.81. The van der Waals surface area contributed by atoms with Crippen LogP contribution in [-0.2, 0) is 35.7 Å². The summed E-state index contributed by atoms with van der Waals surface area (Å²) in [6, 6.07) is 3.33. The highest BCUT2D eigenvalue weighted by molar-refractivity contribution is 5.81. The van der Waals surface area contributed by atoms with Gasteiger partial charge < -0.3 is 34.6 Å². The summed E-state index contributed by atoms with van der Waals surface area (Å²) < 4.78 is 17.3. The second-order valence-electron chi connectivity index (χ2n) is 12.2. The largest absolute Gasteiger partial charge is 0.504 e. The Hall–Kier alpha value is -3.11. The SMILES string of the molecule is CC(C)C[C@H](C)C(=O)NCCC(=O)O[C@@H](C)C(=O)OC1=CC[C@@]2(O)[C@H]3Cc4ccc(O)c5c4[C@@]2(CCN3C)[C@H]1O5. The number of hydrogen-bond donors (Lipinski definition) is 3. The van der Waals surface area contributed by atoms with Crippen molar-refractivity contribution < 1.29 is 38.8 Å². The van der Waals surface area contributed by atoms with Crippen LogP contribution in [0.1, 0.15) is 64.5 Å². The average molecular weight is 557 g/mol. The maximum absolute atomic E-state index is 13.0. The number of amides is 1. The molecule has 218 valence electrons. The minimum absolute atomic E-state index is 0.0130. The lowest BCUT2D eigenvalue weighted by molar-refractivity contribution is -0.175. The highest BCUT2D eigenvalue weighted by atomic mass is 16.6. The molecule has 40 heavy (non-hydrogen) atoms. The van der Waals surface area contributed by atoms with E-state index in [2.05, 4.69) is 10.2 Å². The number of carbonyl (C=O) groups is 3. The Balaban J connectivity index is 1.25. The molecule has 6 atom stereocenters. The summed E-state index contributed by atoms with van der Waals surface area (Å²) in [5.41, 5.74) is -0.227. The molecule has 1 saturated heterocycles. The number of carbonyl (C=O) groups excluding carboxylic acids is 3. The first-order valence-corrected chi connectivity index (χ1v) is 14.2. The van der Waals surface area contributed by atoms with E-state index in [1.54, 1.807) is 12.1 Å². The van der Waals surface area contributed by atoms with Crippen molar-refractivity contribution in [3.05, 3.63) is 35.1 Å². The quantitative estimate of drug-likeness (QED) is 0.392. The predicted octanol–water partition coefficient (Wildman–Crippen LogP) is 2.33. The molecule has 4 aliphatic rings. The maximum Gasteiger partial charge on any atom is 0.352 e. The maximum atomic E-state index is 13.0. The third-order valence-electron chi connectivity index (χ3n) is 9.11. The molecular formula is C30H40N2O8. The smallest absolute Gasteiger partial charge is 0.352 e. The predicted molar refractivity (Wildman–Crippen MR) is 144 cm³/mol. The van der Waals surface area contributed by atoms with Gasteiger partial charge in [0.1, 0.15) is 5.76 Å². The molecule has 0 saturated carbocycles. The van der Waals surface area contributed by atoms with Crippen molar-refractivity contribution in [3.8, 4) is 11.5 Å². The van der Waals surface area contributed by atoms with Crippen LogP contribution in [-0.4, -0.2) is 76.9 Å². The van der Waals surface area contributed by atoms with Gasteiger partial charge in [-0.1, -0.05) is 26.8 Å². The minimum atomic E-state index is -1.19. The summed E-state index contributed by atoms with van der Waals surface area (Å²) in [4.78, 5) is 39.7. The molecular weight excluding hydrogens is 516 g/mol. The van der Waals surface area contributed by atoms with Gasteiger partial charge in [0, 0.05) is 30.5 Å². The number of nitrogens with zero attached hydrogens (tertiary/aromatic N) is 1. The molecule has 0 aromatic heterocycles. The molecule has 5 rings (SSSR count). The van der Waals surface area contributed by atoms with Crippen LogP contribution in [0.15, 0.2) is 24.0 Å². The highest BCUT2D eigenvalue weighted by Gasteiger charge is 2.72. The number of hydrogen-bond acceptors (Lipinski definition) is 9. The Kier molecular flexibility index (Phi) is 7.37. The molecule has 0 radical (unpaired) electrons. The highest BCUT2D eigenvalue weighted by Crippen LogP contribution is 2.65. The lowest BCUT2D eigenvalue weighted by atomic mass is 9.50. The first-order valence-electron chi connectivity index (χ1n) is 14.2. The molecule has 1 fully saturated rings. The Labute approximate surface area is 234 Å². The normalized spacial score (nSPS) is 29.5. The van der Waals surface area contributed by atoms with E-state index in [1.165, 1.54) is 6.92 Å². The van der Waals surface area contributed by atoms with Gasteiger partial charge in [-0.2, -0.15) is 0 Å². The van der Waals surface area contributed by atoms with E-state index < -0.39 is 35.2 Å². The van der Waals surface area contributed by atoms with Crippen LogP contribution in [0.5, 0.6) is 11.5 Å². The fourth-order valence-corrected chi connectivity index (χ4v) is 7.22. The second kappa shape index (κ2) is 10.4. The summed E-state index contributed by atoms with van der Waals surface area (Å²) in [5.74, 6) is -0.717. The van der Waals surface area contributed by atoms with Crippen LogP contribution in [0, 0.1) is 11.8 Å². The summed E-state index contributed by atoms with van der Waals surface area (Å²) in [5, 5.41) is 25.5. The van der Waals surface area contributed by atoms with Crippen molar-refractivity contribution in [2.45, 2.75) is 89.1 Å². The van der Waals surface area contributed by atoms with Crippen molar-refractivity contribution in [2.24, 2.45) is 11.8 Å². The number of esters is 2. The zero-order valence-electron chi connectivity index (χ0n) is 23.9. The Morgan fingerprint density at radius 2 is 1.98 bits per heavy atom. The first kappa shape index (κ1) is 28.4. The summed E-state index contributed by atoms with van der Waals surface area (Å²) in [7, 11) is 2.00. The van der Waals surface area contributed by atoms with E-state index in [4.69, 9.17) is 14.2 Å². The molecule has 1 amide bonds. The molecule has 10 heteroatoms. The van der Waals surface area contributed by atoms with Gasteiger partial charge in [-0.05, 0) is 63.4 Å². The molecule has 1 spiro atoms. The number of aromatic hydroxyl groups is 1. The number of phenolic OH excluding ortho intramolecular Hbond substituents is 1. The topological polar surface area (TPSA) is 135 Å². The molecule has 2 bridgehead atoms. The monoisotopic (exact) mass is 556 g/mol. The van der Waals surface area contributed by atoms with Crippen LogP contribution in [0.3, 0.4) is 0 Å². The zero-order chi connectivity index (χ0) is 29.0. The summed E-state index contributed by atoms with van der Waals surface area (Å²) in [6.45, 7) is 8.20. The number of aliphatic hydroxyl groups is 1. The third kappa shape index (κ3) is 4.45. The molecule has 10 nitrogen and oxygen atoms in total. The number of nitrogens with one attached hydrogen (secondary N) is 1. The van der Waals surface area contributed by atoms with Gasteiger partial charge >= 0.3 is 11.9 Å². The fourth-order valence-electron chi connectivity index (χ4n) is 7.22. The minimum Gasteiger partial charge on any atom is -0.504 e. The van der Waals surface area contributed by atoms with E-state index in [0.29, 0.717) is 31.1 Å². The number of rotatable bonds is 9. The van der Waals surface area contributed by atoms with Crippen LogP contribution in [0.25, 0.3) is 0 Å². The fraction of sp³-hybridized carbons (Fsp3) is 0.633. The third-order valence-corrected chi connectivity index (χ3v) is 9.11. The first-order chi connectivity index (χ1) is 18.9. The van der Waals surface area contributed by atoms with Gasteiger partial charge in [0.05, 0.1) is 17.4 Å². The number of benzene rings is 1. The van der Waals surface area contributed by atoms with Gasteiger partial charge in [0.15, 0.2) is 23.7 Å². The van der Waals surface area contributed by atoms with Crippen molar-refractivity contribution in [3.63, 3.8) is 0 Å². The van der Waals surface area contributed by atoms with Crippen LogP contribution < -0.4 is 10.1 Å². The molecule has 2 heterocycles. The van der Waals surface area contributed by atoms with Gasteiger partial charge in [0.25, 0.3) is 0 Å². The van der Waals surface area contributed by atoms with Gasteiger partial charge in [-0.15, -0.1) is 0 Å². The van der Waals surface area contributed by atoms with E-state index >= 15 is 0 Å². The number of likely N-dealkylation sites (tertiary alicyclic amines) is 1. The molecule has 2 aliphatic carbocycles. The van der Waals surface area contributed by atoms with Crippen LogP contribution in [0.2, 0.25) is 0 Å². The molecule has 2 aliphatic heterocycles. The van der Waals surface area contributed by atoms with E-state index in [9.17, 15) is 24.6 Å². The van der Waals surface area contributed by atoms with Gasteiger partial charge in [-0.3, -0.25) is 9.59 Å². The molecule has 1 aromatic rings. The van der Waals surface area contributed by atoms with E-state index in [1.807, 2.05) is 33.9 Å². The van der Waals surface area contributed by atoms with Crippen molar-refractivity contribution in [1.29, 1.82) is 0 Å². The number of likely N-dealkylation sites (N-methyl/N-ethyl adjacent to an activating group) is 1. The number of ether oxygens (including phenoxy) is 3. The second-order valence-corrected chi connectivity index (χ2v) is 12.2. The van der Waals surface area contributed by atoms with Gasteiger partial charge in [0.2, 0.25) is 5.91 Å². The molecule has 3 N–H and O–H groups in total. The Morgan fingerprint density at radius 3 is 2.70 bits per heavy atom. The van der Waals surface area contributed by atoms with Crippen molar-refractivity contribution in [2.75, 3.05) is 20.1 Å². The van der Waals surface area contributed by atoms with Crippen LogP contribution in [0.4, 0.5) is 0 Å². The Bertz CT molecular complexity index is 1240. The average Bonchev–Trinajstić information content (AvgIpc) is 3.25. The lowest BCUT2D eigenvalue weighted by Crippen LogP contribution is -2.74. The van der Waals surface area contributed by atoms with Crippen molar-refractivity contribution >= 4 is 17.8 Å². The lowest BCUT2D eigenvalue weighted by Gasteiger charge is -2.61. The van der Waals surface area contributed by atoms with E-state index in [0.717, 1.165) is 17.5 Å². The number of phenols is 1. The van der Waals surface area contributed by atoms with Crippen LogP contribution >= 0.6 is 0 Å². The zero-order valence-corrected chi connectivity index (χ0v) is 23.9. The summed E-state index contributed by atoms with van der Waals surface area (Å²) >= 11 is 0.